The van der Waals surface area contributed by atoms with Gasteiger partial charge in [-0.05, 0) is 24.6 Å². The summed E-state index contributed by atoms with van der Waals surface area (Å²) in [6.45, 7) is 1.30. The lowest BCUT2D eigenvalue weighted by Gasteiger charge is -2.23. The molecule has 0 saturated carbocycles. The van der Waals surface area contributed by atoms with Gasteiger partial charge in [0.25, 0.3) is 0 Å². The lowest BCUT2D eigenvalue weighted by Crippen LogP contribution is -2.57. The standard InChI is InChI=1S/C19H27N3O8/c1-10(23)16(20)18(27)21-13(9-15(25)29-2)17(26)22-14(19(28)30-3)8-11-4-6-12(24)7-5-11/h4-7,10,13-14,16,23-24H,8-9,20H2,1-3H3,(H,21,27)(H,22,26)/t10-,13+,14+,16+/m1/s1. The van der Waals surface area contributed by atoms with Crippen molar-refractivity contribution in [3.05, 3.63) is 29.8 Å². The molecule has 0 saturated heterocycles. The number of hydrogen-bond acceptors (Lipinski definition) is 9. The third kappa shape index (κ3) is 7.68. The Labute approximate surface area is 173 Å². The molecule has 0 radical (unpaired) electrons. The maximum absolute atomic E-state index is 12.7. The summed E-state index contributed by atoms with van der Waals surface area (Å²) in [5.41, 5.74) is 6.17. The van der Waals surface area contributed by atoms with Crippen molar-refractivity contribution in [2.24, 2.45) is 5.73 Å². The highest BCUT2D eigenvalue weighted by molar-refractivity contribution is 5.94. The van der Waals surface area contributed by atoms with Gasteiger partial charge in [-0.25, -0.2) is 4.79 Å². The van der Waals surface area contributed by atoms with Gasteiger partial charge in [-0.15, -0.1) is 0 Å². The van der Waals surface area contributed by atoms with Crippen molar-refractivity contribution in [2.75, 3.05) is 14.2 Å². The largest absolute Gasteiger partial charge is 0.508 e. The molecule has 1 aromatic rings. The lowest BCUT2D eigenvalue weighted by atomic mass is 10.0. The number of aliphatic hydroxyl groups is 1. The van der Waals surface area contributed by atoms with E-state index in [2.05, 4.69) is 15.4 Å². The molecule has 0 aromatic heterocycles. The van der Waals surface area contributed by atoms with Crippen LogP contribution < -0.4 is 16.4 Å². The van der Waals surface area contributed by atoms with E-state index in [4.69, 9.17) is 10.5 Å². The van der Waals surface area contributed by atoms with E-state index in [0.29, 0.717) is 5.56 Å². The number of ether oxygens (including phenoxy) is 2. The number of rotatable bonds is 10. The zero-order chi connectivity index (χ0) is 22.8. The second kappa shape index (κ2) is 11.7. The highest BCUT2D eigenvalue weighted by Crippen LogP contribution is 2.12. The predicted octanol–water partition coefficient (Wildman–Crippen LogP) is -1.65. The Bertz CT molecular complexity index is 751. The Morgan fingerprint density at radius 3 is 2.07 bits per heavy atom. The first kappa shape index (κ1) is 24.9. The second-order valence-corrected chi connectivity index (χ2v) is 6.56. The SMILES string of the molecule is COC(=O)C[C@H](NC(=O)[C@@H](N)[C@@H](C)O)C(=O)N[C@@H](Cc1ccc(O)cc1)C(=O)OC. The molecule has 0 bridgehead atoms. The third-order valence-corrected chi connectivity index (χ3v) is 4.23. The number of aromatic hydroxyl groups is 1. The van der Waals surface area contributed by atoms with Crippen LogP contribution in [0.3, 0.4) is 0 Å². The van der Waals surface area contributed by atoms with Crippen LogP contribution in [0.15, 0.2) is 24.3 Å². The molecule has 0 heterocycles. The van der Waals surface area contributed by atoms with Crippen LogP contribution in [0.1, 0.15) is 18.9 Å². The molecule has 0 aliphatic carbocycles. The Balaban J connectivity index is 2.99. The number of benzene rings is 1. The van der Waals surface area contributed by atoms with Gasteiger partial charge in [-0.2, -0.15) is 0 Å². The molecule has 11 heteroatoms. The number of phenolic OH excluding ortho intramolecular Hbond substituents is 1. The van der Waals surface area contributed by atoms with Crippen molar-refractivity contribution in [3.8, 4) is 5.75 Å². The van der Waals surface area contributed by atoms with Crippen LogP contribution in [0.25, 0.3) is 0 Å². The van der Waals surface area contributed by atoms with Gasteiger partial charge in [0.2, 0.25) is 11.8 Å². The Morgan fingerprint density at radius 1 is 1.00 bits per heavy atom. The number of methoxy groups -OCH3 is 2. The van der Waals surface area contributed by atoms with Crippen LogP contribution >= 0.6 is 0 Å². The maximum atomic E-state index is 12.7. The summed E-state index contributed by atoms with van der Waals surface area (Å²) in [4.78, 5) is 48.6. The van der Waals surface area contributed by atoms with Crippen molar-refractivity contribution in [3.63, 3.8) is 0 Å². The van der Waals surface area contributed by atoms with Gasteiger partial charge in [-0.1, -0.05) is 12.1 Å². The average Bonchev–Trinajstić information content (AvgIpc) is 2.72. The quantitative estimate of drug-likeness (QED) is 0.275. The summed E-state index contributed by atoms with van der Waals surface area (Å²) in [5, 5.41) is 23.5. The van der Waals surface area contributed by atoms with Gasteiger partial charge in [0.15, 0.2) is 0 Å². The summed E-state index contributed by atoms with van der Waals surface area (Å²) in [6.07, 6.45) is -1.68. The molecule has 6 N–H and O–H groups in total. The highest BCUT2D eigenvalue weighted by atomic mass is 16.5. The first-order valence-electron chi connectivity index (χ1n) is 9.06. The van der Waals surface area contributed by atoms with Crippen LogP contribution in [-0.2, 0) is 35.1 Å². The first-order chi connectivity index (χ1) is 14.1. The summed E-state index contributed by atoms with van der Waals surface area (Å²) in [5.74, 6) is -3.20. The Hall–Kier alpha value is -3.18. The van der Waals surface area contributed by atoms with E-state index >= 15 is 0 Å². The molecule has 0 spiro atoms. The molecule has 1 aromatic carbocycles. The zero-order valence-electron chi connectivity index (χ0n) is 17.0. The molecule has 166 valence electrons. The Kier molecular flexibility index (Phi) is 9.72. The number of hydrogen-bond donors (Lipinski definition) is 5. The summed E-state index contributed by atoms with van der Waals surface area (Å²) in [7, 11) is 2.26. The smallest absolute Gasteiger partial charge is 0.328 e. The molecule has 1 rings (SSSR count). The molecule has 2 amide bonds. The van der Waals surface area contributed by atoms with E-state index in [9.17, 15) is 29.4 Å². The number of nitrogens with one attached hydrogen (secondary N) is 2. The van der Waals surface area contributed by atoms with Gasteiger partial charge < -0.3 is 36.1 Å². The fourth-order valence-electron chi connectivity index (χ4n) is 2.42. The second-order valence-electron chi connectivity index (χ2n) is 6.56. The van der Waals surface area contributed by atoms with E-state index in [-0.39, 0.29) is 12.2 Å². The molecule has 0 fully saturated rings. The first-order valence-corrected chi connectivity index (χ1v) is 9.06. The van der Waals surface area contributed by atoms with E-state index in [0.717, 1.165) is 14.2 Å². The number of amides is 2. The summed E-state index contributed by atoms with van der Waals surface area (Å²) < 4.78 is 9.24. The fraction of sp³-hybridized carbons (Fsp3) is 0.474. The van der Waals surface area contributed by atoms with Crippen LogP contribution in [0.5, 0.6) is 5.75 Å². The van der Waals surface area contributed by atoms with Crippen LogP contribution in [0, 0.1) is 0 Å². The minimum absolute atomic E-state index is 0.0325. The monoisotopic (exact) mass is 425 g/mol. The van der Waals surface area contributed by atoms with E-state index in [1.165, 1.54) is 19.1 Å². The van der Waals surface area contributed by atoms with E-state index < -0.39 is 54.4 Å². The van der Waals surface area contributed by atoms with Crippen molar-refractivity contribution in [2.45, 2.75) is 44.0 Å². The van der Waals surface area contributed by atoms with Crippen molar-refractivity contribution < 1.29 is 38.9 Å². The molecule has 0 unspecified atom stereocenters. The van der Waals surface area contributed by atoms with Crippen LogP contribution in [0.4, 0.5) is 0 Å². The van der Waals surface area contributed by atoms with E-state index in [1.807, 2.05) is 0 Å². The third-order valence-electron chi connectivity index (χ3n) is 4.23. The predicted molar refractivity (Wildman–Crippen MR) is 104 cm³/mol. The van der Waals surface area contributed by atoms with Gasteiger partial charge >= 0.3 is 11.9 Å². The highest BCUT2D eigenvalue weighted by Gasteiger charge is 2.31. The number of esters is 2. The molecular weight excluding hydrogens is 398 g/mol. The summed E-state index contributed by atoms with van der Waals surface area (Å²) >= 11 is 0. The van der Waals surface area contributed by atoms with Crippen LogP contribution in [-0.4, -0.2) is 72.4 Å². The van der Waals surface area contributed by atoms with Gasteiger partial charge in [0.05, 0.1) is 26.7 Å². The van der Waals surface area contributed by atoms with E-state index in [1.54, 1.807) is 12.1 Å². The minimum Gasteiger partial charge on any atom is -0.508 e. The molecule has 4 atom stereocenters. The van der Waals surface area contributed by atoms with Crippen molar-refractivity contribution in [1.29, 1.82) is 0 Å². The molecule has 30 heavy (non-hydrogen) atoms. The topological polar surface area (TPSA) is 177 Å². The molecule has 0 aliphatic heterocycles. The number of carbonyl (C=O) groups excluding carboxylic acids is 4. The minimum atomic E-state index is -1.40. The number of nitrogens with two attached hydrogens (primary N) is 1. The fourth-order valence-corrected chi connectivity index (χ4v) is 2.42. The van der Waals surface area contributed by atoms with Crippen LogP contribution in [0.2, 0.25) is 0 Å². The summed E-state index contributed by atoms with van der Waals surface area (Å²) in [6, 6.07) is 2.11. The Morgan fingerprint density at radius 2 is 1.57 bits per heavy atom. The maximum Gasteiger partial charge on any atom is 0.328 e. The van der Waals surface area contributed by atoms with Crippen molar-refractivity contribution in [1.82, 2.24) is 10.6 Å². The number of carbonyl (C=O) groups is 4. The van der Waals surface area contributed by atoms with Gasteiger partial charge in [0, 0.05) is 6.42 Å². The van der Waals surface area contributed by atoms with Crippen molar-refractivity contribution >= 4 is 23.8 Å². The average molecular weight is 425 g/mol. The number of phenols is 1. The van der Waals surface area contributed by atoms with Gasteiger partial charge in [-0.3, -0.25) is 14.4 Å². The molecule has 0 aliphatic rings. The molecule has 11 nitrogen and oxygen atoms in total. The van der Waals surface area contributed by atoms with Gasteiger partial charge in [0.1, 0.15) is 23.9 Å². The lowest BCUT2D eigenvalue weighted by molar-refractivity contribution is -0.146. The zero-order valence-corrected chi connectivity index (χ0v) is 17.0. The number of aliphatic hydroxyl groups excluding tert-OH is 1. The molecular formula is C19H27N3O8. The normalized spacial score (nSPS) is 14.6.